The van der Waals surface area contributed by atoms with Crippen molar-refractivity contribution in [2.45, 2.75) is 52.5 Å². The van der Waals surface area contributed by atoms with E-state index in [1.807, 2.05) is 13.1 Å². The van der Waals surface area contributed by atoms with Gasteiger partial charge in [0.2, 0.25) is 0 Å². The number of carboxylic acids is 1. The number of aromatic carboxylic acids is 1. The average Bonchev–Trinajstić information content (AvgIpc) is 2.59. The maximum absolute atomic E-state index is 11.2. The van der Waals surface area contributed by atoms with E-state index in [0.717, 1.165) is 17.5 Å². The van der Waals surface area contributed by atoms with Crippen LogP contribution in [0.15, 0.2) is 35.3 Å². The monoisotopic (exact) mass is 364 g/mol. The van der Waals surface area contributed by atoms with Gasteiger partial charge in [-0.15, -0.1) is 0 Å². The molecule has 4 nitrogen and oxygen atoms in total. The fraction of sp³-hybridized carbons (Fsp3) is 0.391. The van der Waals surface area contributed by atoms with E-state index in [2.05, 4.69) is 56.8 Å². The van der Waals surface area contributed by atoms with E-state index in [1.165, 1.54) is 16.8 Å². The van der Waals surface area contributed by atoms with Crippen LogP contribution in [-0.4, -0.2) is 29.9 Å². The first-order chi connectivity index (χ1) is 12.6. The predicted molar refractivity (Wildman–Crippen MR) is 112 cm³/mol. The summed E-state index contributed by atoms with van der Waals surface area (Å²) in [5, 5.41) is 9.20. The third-order valence-electron chi connectivity index (χ3n) is 5.82. The summed E-state index contributed by atoms with van der Waals surface area (Å²) < 4.78 is 0. The smallest absolute Gasteiger partial charge is 0.335 e. The molecule has 0 bridgehead atoms. The van der Waals surface area contributed by atoms with E-state index < -0.39 is 5.97 Å². The van der Waals surface area contributed by atoms with Gasteiger partial charge in [-0.1, -0.05) is 13.0 Å². The molecule has 1 unspecified atom stereocenters. The highest BCUT2D eigenvalue weighted by Gasteiger charge is 2.34. The Kier molecular flexibility index (Phi) is 4.85. The predicted octanol–water partition coefficient (Wildman–Crippen LogP) is 5.47. The largest absolute Gasteiger partial charge is 0.478 e. The number of nitrogens with zero attached hydrogens (tertiary/aromatic N) is 2. The molecule has 1 heterocycles. The number of hydrogen-bond acceptors (Lipinski definition) is 3. The topological polar surface area (TPSA) is 52.9 Å². The Morgan fingerprint density at radius 3 is 2.59 bits per heavy atom. The molecule has 2 aromatic carbocycles. The molecule has 0 radical (unpaired) electrons. The van der Waals surface area contributed by atoms with Crippen molar-refractivity contribution in [1.82, 2.24) is 0 Å². The summed E-state index contributed by atoms with van der Waals surface area (Å²) >= 11 is 0. The van der Waals surface area contributed by atoms with E-state index >= 15 is 0 Å². The van der Waals surface area contributed by atoms with Gasteiger partial charge in [0.15, 0.2) is 0 Å². The third-order valence-corrected chi connectivity index (χ3v) is 5.82. The molecule has 3 rings (SSSR count). The fourth-order valence-electron chi connectivity index (χ4n) is 3.89. The van der Waals surface area contributed by atoms with Gasteiger partial charge in [-0.2, -0.15) is 0 Å². The van der Waals surface area contributed by atoms with Crippen LogP contribution in [0.3, 0.4) is 0 Å². The van der Waals surface area contributed by atoms with Crippen molar-refractivity contribution in [2.75, 3.05) is 11.9 Å². The van der Waals surface area contributed by atoms with Crippen LogP contribution in [0.5, 0.6) is 0 Å². The zero-order chi connectivity index (χ0) is 19.9. The second-order valence-electron chi connectivity index (χ2n) is 8.31. The molecule has 1 atom stereocenters. The lowest BCUT2D eigenvalue weighted by atomic mass is 9.79. The number of carbonyl (C=O) groups is 1. The fourth-order valence-corrected chi connectivity index (χ4v) is 3.89. The summed E-state index contributed by atoms with van der Waals surface area (Å²) in [6, 6.07) is 9.52. The minimum absolute atomic E-state index is 0.142. The molecule has 0 aromatic heterocycles. The molecule has 1 aliphatic rings. The van der Waals surface area contributed by atoms with Gasteiger partial charge in [0.1, 0.15) is 0 Å². The number of hydrogen-bond donors (Lipinski definition) is 1. The van der Waals surface area contributed by atoms with Crippen molar-refractivity contribution in [1.29, 1.82) is 0 Å². The first-order valence-electron chi connectivity index (χ1n) is 9.36. The minimum Gasteiger partial charge on any atom is -0.478 e. The highest BCUT2D eigenvalue weighted by Crippen LogP contribution is 2.43. The van der Waals surface area contributed by atoms with Crippen LogP contribution in [0.4, 0.5) is 11.4 Å². The summed E-state index contributed by atoms with van der Waals surface area (Å²) in [5.74, 6) is -0.452. The molecule has 27 heavy (non-hydrogen) atoms. The first kappa shape index (κ1) is 19.2. The van der Waals surface area contributed by atoms with Crippen molar-refractivity contribution in [3.05, 3.63) is 58.1 Å². The number of aliphatic imine (C=N–C) groups is 1. The van der Waals surface area contributed by atoms with Crippen LogP contribution >= 0.6 is 0 Å². The second kappa shape index (κ2) is 6.84. The Hall–Kier alpha value is -2.62. The molecule has 0 aliphatic carbocycles. The van der Waals surface area contributed by atoms with Crippen LogP contribution < -0.4 is 4.90 Å². The van der Waals surface area contributed by atoms with Gasteiger partial charge in [-0.05, 0) is 86.6 Å². The second-order valence-corrected chi connectivity index (χ2v) is 8.31. The Bertz CT molecular complexity index is 928. The van der Waals surface area contributed by atoms with Gasteiger partial charge in [0, 0.05) is 24.5 Å². The van der Waals surface area contributed by atoms with Gasteiger partial charge >= 0.3 is 5.97 Å². The van der Waals surface area contributed by atoms with E-state index in [0.29, 0.717) is 11.6 Å². The lowest BCUT2D eigenvalue weighted by Crippen LogP contribution is -2.45. The molecule has 2 aromatic rings. The van der Waals surface area contributed by atoms with Crippen molar-refractivity contribution in [3.63, 3.8) is 0 Å². The average molecular weight is 364 g/mol. The van der Waals surface area contributed by atoms with Crippen molar-refractivity contribution >= 4 is 23.6 Å². The summed E-state index contributed by atoms with van der Waals surface area (Å²) in [7, 11) is 2.17. The zero-order valence-electron chi connectivity index (χ0n) is 17.0. The molecule has 0 amide bonds. The molecule has 4 heteroatoms. The summed E-state index contributed by atoms with van der Waals surface area (Å²) in [6.07, 6.45) is 2.96. The Morgan fingerprint density at radius 2 is 1.93 bits per heavy atom. The normalized spacial score (nSPS) is 18.6. The van der Waals surface area contributed by atoms with E-state index in [9.17, 15) is 9.90 Å². The Labute approximate surface area is 161 Å². The number of benzene rings is 2. The van der Waals surface area contributed by atoms with Gasteiger partial charge in [0.05, 0.1) is 11.3 Å². The highest BCUT2D eigenvalue weighted by atomic mass is 16.4. The summed E-state index contributed by atoms with van der Waals surface area (Å²) in [6.45, 7) is 10.9. The van der Waals surface area contributed by atoms with Gasteiger partial charge in [-0.25, -0.2) is 4.79 Å². The number of fused-ring (bicyclic) bond motifs is 1. The lowest BCUT2D eigenvalue weighted by molar-refractivity contribution is 0.0697. The lowest BCUT2D eigenvalue weighted by Gasteiger charge is -2.45. The summed E-state index contributed by atoms with van der Waals surface area (Å²) in [5.41, 5.74) is 6.93. The number of rotatable bonds is 3. The van der Waals surface area contributed by atoms with E-state index in [1.54, 1.807) is 18.2 Å². The van der Waals surface area contributed by atoms with Gasteiger partial charge in [0.25, 0.3) is 0 Å². The van der Waals surface area contributed by atoms with Crippen LogP contribution in [0.25, 0.3) is 0 Å². The molecule has 0 saturated carbocycles. The van der Waals surface area contributed by atoms with Crippen LogP contribution in [0, 0.1) is 13.8 Å². The minimum atomic E-state index is -0.934. The Balaban J connectivity index is 2.00. The zero-order valence-corrected chi connectivity index (χ0v) is 17.0. The number of aryl methyl sites for hydroxylation is 2. The van der Waals surface area contributed by atoms with Crippen LogP contribution in [0.2, 0.25) is 0 Å². The quantitative estimate of drug-likeness (QED) is 0.734. The molecule has 0 saturated heterocycles. The van der Waals surface area contributed by atoms with Crippen molar-refractivity contribution in [3.8, 4) is 0 Å². The van der Waals surface area contributed by atoms with Crippen LogP contribution in [0.1, 0.15) is 65.7 Å². The molecule has 0 fully saturated rings. The van der Waals surface area contributed by atoms with Crippen molar-refractivity contribution in [2.24, 2.45) is 4.99 Å². The van der Waals surface area contributed by atoms with E-state index in [4.69, 9.17) is 0 Å². The molecular formula is C23H28N2O2. The molecule has 1 aliphatic heterocycles. The Morgan fingerprint density at radius 1 is 1.22 bits per heavy atom. The molecule has 0 spiro atoms. The number of carboxylic acid groups (broad SMARTS) is 1. The maximum Gasteiger partial charge on any atom is 0.335 e. The first-order valence-corrected chi connectivity index (χ1v) is 9.36. The highest BCUT2D eigenvalue weighted by molar-refractivity contribution is 5.90. The maximum atomic E-state index is 11.2. The van der Waals surface area contributed by atoms with Gasteiger partial charge < -0.3 is 10.0 Å². The van der Waals surface area contributed by atoms with Crippen molar-refractivity contribution < 1.29 is 9.90 Å². The van der Waals surface area contributed by atoms with E-state index in [-0.39, 0.29) is 11.1 Å². The molecule has 1 N–H and O–H groups in total. The van der Waals surface area contributed by atoms with Gasteiger partial charge in [-0.3, -0.25) is 4.99 Å². The summed E-state index contributed by atoms with van der Waals surface area (Å²) in [4.78, 5) is 18.2. The SMILES string of the molecule is Cc1cc2c(cc1C=Nc1cc(C(=O)O)ccc1C)C(C)CC(C)(C)N2C. The molecular weight excluding hydrogens is 336 g/mol. The number of anilines is 1. The standard InChI is InChI=1S/C23H28N2O2/c1-14-7-8-17(22(26)27)11-20(14)24-13-18-10-19-16(3)12-23(4,5)25(6)21(19)9-15(18)2/h7-11,13,16H,12H2,1-6H3,(H,26,27). The molecule has 142 valence electrons. The van der Waals surface area contributed by atoms with Crippen LogP contribution in [-0.2, 0) is 0 Å². The third kappa shape index (κ3) is 3.61.